The molecule has 1 spiro atoms. The first-order valence-corrected chi connectivity index (χ1v) is 10.0. The van der Waals surface area contributed by atoms with Gasteiger partial charge in [-0.1, -0.05) is 29.8 Å². The summed E-state index contributed by atoms with van der Waals surface area (Å²) < 4.78 is 11.9. The number of benzene rings is 2. The molecule has 148 valence electrons. The average molecular weight is 402 g/mol. The van der Waals surface area contributed by atoms with Gasteiger partial charge in [0.25, 0.3) is 0 Å². The van der Waals surface area contributed by atoms with E-state index in [1.807, 2.05) is 36.4 Å². The number of rotatable bonds is 6. The summed E-state index contributed by atoms with van der Waals surface area (Å²) in [6.07, 6.45) is 2.18. The van der Waals surface area contributed by atoms with Crippen LogP contribution in [0.2, 0.25) is 5.02 Å². The zero-order valence-corrected chi connectivity index (χ0v) is 16.5. The lowest BCUT2D eigenvalue weighted by atomic mass is 9.74. The Morgan fingerprint density at radius 1 is 1.21 bits per heavy atom. The molecule has 5 nitrogen and oxygen atoms in total. The van der Waals surface area contributed by atoms with Crippen molar-refractivity contribution >= 4 is 17.6 Å². The summed E-state index contributed by atoms with van der Waals surface area (Å²) in [6, 6.07) is 13.8. The number of carboxylic acid groups (broad SMARTS) is 1. The third-order valence-electron chi connectivity index (χ3n) is 5.78. The van der Waals surface area contributed by atoms with Crippen LogP contribution in [-0.2, 0) is 16.8 Å². The molecule has 6 heteroatoms. The van der Waals surface area contributed by atoms with Crippen molar-refractivity contribution in [1.29, 1.82) is 0 Å². The van der Waals surface area contributed by atoms with Crippen LogP contribution in [0.1, 0.15) is 30.4 Å². The number of piperidine rings is 1. The predicted molar refractivity (Wildman–Crippen MR) is 107 cm³/mol. The Balaban J connectivity index is 1.39. The standard InChI is InChI=1S/C22H24ClNO4/c23-17-3-1-2-16(12-17)14-27-18-4-5-19-20(13-18)28-15-22(19)7-10-24(11-8-22)9-6-21(25)26/h1-5,12-13H,6-11,14-15H2,(H,25,26). The summed E-state index contributed by atoms with van der Waals surface area (Å²) in [7, 11) is 0. The maximum Gasteiger partial charge on any atom is 0.304 e. The number of hydrogen-bond acceptors (Lipinski definition) is 4. The fourth-order valence-electron chi connectivity index (χ4n) is 4.11. The van der Waals surface area contributed by atoms with Gasteiger partial charge in [0, 0.05) is 28.6 Å². The molecule has 2 aliphatic rings. The molecule has 2 aromatic carbocycles. The van der Waals surface area contributed by atoms with E-state index in [0.717, 1.165) is 43.0 Å². The molecule has 1 saturated heterocycles. The van der Waals surface area contributed by atoms with Crippen LogP contribution in [0.4, 0.5) is 0 Å². The highest BCUT2D eigenvalue weighted by Crippen LogP contribution is 2.46. The molecular weight excluding hydrogens is 378 g/mol. The number of likely N-dealkylation sites (tertiary alicyclic amines) is 1. The number of hydrogen-bond donors (Lipinski definition) is 1. The normalized spacial score (nSPS) is 17.9. The van der Waals surface area contributed by atoms with E-state index in [9.17, 15) is 4.79 Å². The third kappa shape index (κ3) is 4.10. The summed E-state index contributed by atoms with van der Waals surface area (Å²) in [5.74, 6) is 0.956. The van der Waals surface area contributed by atoms with Crippen LogP contribution in [0.5, 0.6) is 11.5 Å². The molecule has 28 heavy (non-hydrogen) atoms. The lowest BCUT2D eigenvalue weighted by molar-refractivity contribution is -0.137. The van der Waals surface area contributed by atoms with Crippen molar-refractivity contribution in [3.05, 3.63) is 58.6 Å². The van der Waals surface area contributed by atoms with Gasteiger partial charge >= 0.3 is 5.97 Å². The molecule has 1 fully saturated rings. The summed E-state index contributed by atoms with van der Waals surface area (Å²) in [5, 5.41) is 9.57. The minimum absolute atomic E-state index is 0.0422. The Morgan fingerprint density at radius 2 is 2.04 bits per heavy atom. The molecule has 0 aromatic heterocycles. The number of halogens is 1. The number of aliphatic carboxylic acids is 1. The van der Waals surface area contributed by atoms with E-state index in [0.29, 0.717) is 24.8 Å². The topological polar surface area (TPSA) is 59.0 Å². The van der Waals surface area contributed by atoms with Gasteiger partial charge in [-0.3, -0.25) is 4.79 Å². The molecule has 1 N–H and O–H groups in total. The zero-order chi connectivity index (χ0) is 19.6. The second-order valence-corrected chi connectivity index (χ2v) is 8.07. The van der Waals surface area contributed by atoms with Crippen LogP contribution in [0.25, 0.3) is 0 Å². The number of nitrogens with zero attached hydrogens (tertiary/aromatic N) is 1. The lowest BCUT2D eigenvalue weighted by Crippen LogP contribution is -2.44. The molecule has 0 amide bonds. The Kier molecular flexibility index (Phi) is 5.47. The highest BCUT2D eigenvalue weighted by molar-refractivity contribution is 6.30. The summed E-state index contributed by atoms with van der Waals surface area (Å²) >= 11 is 6.02. The summed E-state index contributed by atoms with van der Waals surface area (Å²) in [4.78, 5) is 13.0. The van der Waals surface area contributed by atoms with E-state index in [4.69, 9.17) is 26.2 Å². The summed E-state index contributed by atoms with van der Waals surface area (Å²) in [5.41, 5.74) is 2.32. The molecule has 2 aromatic rings. The number of carboxylic acids is 1. The van der Waals surface area contributed by atoms with Gasteiger partial charge in [-0.05, 0) is 49.7 Å². The van der Waals surface area contributed by atoms with Crippen molar-refractivity contribution < 1.29 is 19.4 Å². The lowest BCUT2D eigenvalue weighted by Gasteiger charge is -2.38. The fraction of sp³-hybridized carbons (Fsp3) is 0.409. The number of carbonyl (C=O) groups is 1. The van der Waals surface area contributed by atoms with Gasteiger partial charge in [-0.2, -0.15) is 0 Å². The Bertz CT molecular complexity index is 861. The number of fused-ring (bicyclic) bond motifs is 2. The monoisotopic (exact) mass is 401 g/mol. The first-order valence-electron chi connectivity index (χ1n) is 9.63. The molecule has 4 rings (SSSR count). The molecule has 0 aliphatic carbocycles. The molecule has 2 heterocycles. The Hall–Kier alpha value is -2.24. The van der Waals surface area contributed by atoms with Crippen molar-refractivity contribution in [1.82, 2.24) is 4.90 Å². The Labute approximate surface area is 169 Å². The molecule has 0 radical (unpaired) electrons. The average Bonchev–Trinajstić information content (AvgIpc) is 3.04. The maximum atomic E-state index is 10.8. The first kappa shape index (κ1) is 19.1. The van der Waals surface area contributed by atoms with E-state index < -0.39 is 5.97 Å². The SMILES string of the molecule is O=C(O)CCN1CCC2(CC1)COc1cc(OCc3cccc(Cl)c3)ccc12. The maximum absolute atomic E-state index is 10.8. The van der Waals surface area contributed by atoms with Crippen LogP contribution in [-0.4, -0.2) is 42.2 Å². The largest absolute Gasteiger partial charge is 0.492 e. The second kappa shape index (κ2) is 8.02. The van der Waals surface area contributed by atoms with Crippen LogP contribution in [0.3, 0.4) is 0 Å². The molecule has 0 atom stereocenters. The van der Waals surface area contributed by atoms with Crippen molar-refractivity contribution in [3.8, 4) is 11.5 Å². The van der Waals surface area contributed by atoms with Crippen molar-refractivity contribution in [3.63, 3.8) is 0 Å². The highest BCUT2D eigenvalue weighted by Gasteiger charge is 2.43. The molecular formula is C22H24ClNO4. The first-order chi connectivity index (χ1) is 13.5. The van der Waals surface area contributed by atoms with Crippen LogP contribution in [0.15, 0.2) is 42.5 Å². The number of ether oxygens (including phenoxy) is 2. The van der Waals surface area contributed by atoms with E-state index in [-0.39, 0.29) is 11.8 Å². The smallest absolute Gasteiger partial charge is 0.304 e. The molecule has 0 bridgehead atoms. The molecule has 0 saturated carbocycles. The van der Waals surface area contributed by atoms with Crippen molar-refractivity contribution in [2.24, 2.45) is 0 Å². The van der Waals surface area contributed by atoms with Crippen LogP contribution < -0.4 is 9.47 Å². The van der Waals surface area contributed by atoms with E-state index >= 15 is 0 Å². The van der Waals surface area contributed by atoms with E-state index in [2.05, 4.69) is 11.0 Å². The van der Waals surface area contributed by atoms with Crippen LogP contribution in [0, 0.1) is 0 Å². The van der Waals surface area contributed by atoms with Crippen molar-refractivity contribution in [2.45, 2.75) is 31.3 Å². The third-order valence-corrected chi connectivity index (χ3v) is 6.01. The zero-order valence-electron chi connectivity index (χ0n) is 15.7. The van der Waals surface area contributed by atoms with Gasteiger partial charge in [-0.15, -0.1) is 0 Å². The Morgan fingerprint density at radius 3 is 2.79 bits per heavy atom. The quantitative estimate of drug-likeness (QED) is 0.789. The fourth-order valence-corrected chi connectivity index (χ4v) is 4.32. The highest BCUT2D eigenvalue weighted by atomic mass is 35.5. The van der Waals surface area contributed by atoms with E-state index in [1.54, 1.807) is 0 Å². The van der Waals surface area contributed by atoms with Crippen LogP contribution >= 0.6 is 11.6 Å². The second-order valence-electron chi connectivity index (χ2n) is 7.63. The predicted octanol–water partition coefficient (Wildman–Crippen LogP) is 4.12. The summed E-state index contributed by atoms with van der Waals surface area (Å²) in [6.45, 7) is 3.58. The van der Waals surface area contributed by atoms with Gasteiger partial charge in [-0.25, -0.2) is 0 Å². The van der Waals surface area contributed by atoms with Gasteiger partial charge in [0.15, 0.2) is 0 Å². The van der Waals surface area contributed by atoms with E-state index in [1.165, 1.54) is 5.56 Å². The molecule has 2 aliphatic heterocycles. The minimum atomic E-state index is -0.736. The van der Waals surface area contributed by atoms with Gasteiger partial charge in [0.05, 0.1) is 13.0 Å². The van der Waals surface area contributed by atoms with Gasteiger partial charge < -0.3 is 19.5 Å². The minimum Gasteiger partial charge on any atom is -0.492 e. The molecule has 0 unspecified atom stereocenters. The van der Waals surface area contributed by atoms with Gasteiger partial charge in [0.2, 0.25) is 0 Å². The van der Waals surface area contributed by atoms with Gasteiger partial charge in [0.1, 0.15) is 18.1 Å². The van der Waals surface area contributed by atoms with Crippen molar-refractivity contribution in [2.75, 3.05) is 26.2 Å².